The first-order valence-electron chi connectivity index (χ1n) is 6.68. The predicted octanol–water partition coefficient (Wildman–Crippen LogP) is 3.26. The van der Waals surface area contributed by atoms with Gasteiger partial charge in [-0.25, -0.2) is 0 Å². The van der Waals surface area contributed by atoms with E-state index in [1.54, 1.807) is 11.1 Å². The van der Waals surface area contributed by atoms with Gasteiger partial charge in [-0.15, -0.1) is 0 Å². The summed E-state index contributed by atoms with van der Waals surface area (Å²) in [5.41, 5.74) is 6.56. The second kappa shape index (κ2) is 2.69. The number of pyridine rings is 1. The lowest BCUT2D eigenvalue weighted by Gasteiger charge is -2.56. The molecule has 5 rings (SSSR count). The fourth-order valence-electron chi connectivity index (χ4n) is 4.12. The van der Waals surface area contributed by atoms with Crippen LogP contribution < -0.4 is 0 Å². The molecule has 16 heavy (non-hydrogen) atoms. The first-order valence-corrected chi connectivity index (χ1v) is 6.68. The van der Waals surface area contributed by atoms with E-state index in [-0.39, 0.29) is 0 Å². The Bertz CT molecular complexity index is 473. The maximum atomic E-state index is 4.94. The molecule has 2 atom stereocenters. The highest BCUT2D eigenvalue weighted by Crippen LogP contribution is 2.62. The van der Waals surface area contributed by atoms with Gasteiger partial charge in [0.05, 0.1) is 0 Å². The van der Waals surface area contributed by atoms with Crippen molar-refractivity contribution in [3.8, 4) is 0 Å². The molecule has 0 aromatic carbocycles. The number of hydrogen-bond donors (Lipinski definition) is 0. The maximum absolute atomic E-state index is 4.94. The van der Waals surface area contributed by atoms with Gasteiger partial charge in [-0.1, -0.05) is 19.9 Å². The van der Waals surface area contributed by atoms with Gasteiger partial charge in [-0.05, 0) is 60.5 Å². The van der Waals surface area contributed by atoms with Crippen LogP contribution in [-0.4, -0.2) is 4.98 Å². The molecule has 1 heterocycles. The van der Waals surface area contributed by atoms with E-state index >= 15 is 0 Å². The highest BCUT2D eigenvalue weighted by Gasteiger charge is 2.53. The van der Waals surface area contributed by atoms with E-state index in [1.807, 2.05) is 0 Å². The summed E-state index contributed by atoms with van der Waals surface area (Å²) in [4.78, 5) is 4.94. The Hall–Kier alpha value is -0.850. The van der Waals surface area contributed by atoms with Gasteiger partial charge in [0.25, 0.3) is 0 Å². The van der Waals surface area contributed by atoms with Gasteiger partial charge in [0, 0.05) is 11.4 Å². The second-order valence-corrected chi connectivity index (χ2v) is 6.49. The van der Waals surface area contributed by atoms with Crippen molar-refractivity contribution in [3.63, 3.8) is 0 Å². The van der Waals surface area contributed by atoms with Gasteiger partial charge in [0.15, 0.2) is 0 Å². The second-order valence-electron chi connectivity index (χ2n) is 6.49. The van der Waals surface area contributed by atoms with E-state index in [0.29, 0.717) is 5.41 Å². The first kappa shape index (κ1) is 9.21. The van der Waals surface area contributed by atoms with Crippen LogP contribution in [0.25, 0.3) is 0 Å². The average Bonchev–Trinajstić information content (AvgIpc) is 2.71. The summed E-state index contributed by atoms with van der Waals surface area (Å²) in [5.74, 6) is 1.71. The quantitative estimate of drug-likeness (QED) is 0.644. The lowest BCUT2D eigenvalue weighted by atomic mass is 9.48. The van der Waals surface area contributed by atoms with E-state index in [9.17, 15) is 0 Å². The van der Waals surface area contributed by atoms with Gasteiger partial charge in [-0.2, -0.15) is 0 Å². The zero-order valence-electron chi connectivity index (χ0n) is 10.2. The first-order chi connectivity index (χ1) is 7.66. The average molecular weight is 213 g/mol. The van der Waals surface area contributed by atoms with Gasteiger partial charge in [0.2, 0.25) is 0 Å². The number of aryl methyl sites for hydroxylation is 2. The Morgan fingerprint density at radius 3 is 2.94 bits per heavy atom. The standard InChI is InChI=1S/C15H19N/c1-15(2)10-7-12(15)11-6-9-4-3-5-13(9)16-14(11)8-10/h6,10,12H,3-5,7-8H2,1-2H3/t10-,12-/m0/s1. The summed E-state index contributed by atoms with van der Waals surface area (Å²) in [7, 11) is 0. The van der Waals surface area contributed by atoms with E-state index < -0.39 is 0 Å². The van der Waals surface area contributed by atoms with Crippen LogP contribution in [0.4, 0.5) is 0 Å². The molecule has 1 heteroatoms. The normalized spacial score (nSPS) is 32.9. The van der Waals surface area contributed by atoms with Crippen molar-refractivity contribution in [2.45, 2.75) is 51.9 Å². The SMILES string of the molecule is CC1(C)[C@@H]2Cc3nc4c(cc3[C@@H]1C2)CCC4. The zero-order valence-corrected chi connectivity index (χ0v) is 10.2. The zero-order chi connectivity index (χ0) is 10.9. The molecule has 0 spiro atoms. The molecule has 84 valence electrons. The van der Waals surface area contributed by atoms with E-state index in [4.69, 9.17) is 4.98 Å². The summed E-state index contributed by atoms with van der Waals surface area (Å²) < 4.78 is 0. The van der Waals surface area contributed by atoms with Crippen molar-refractivity contribution in [2.24, 2.45) is 11.3 Å². The molecule has 1 fully saturated rings. The molecule has 1 nitrogen and oxygen atoms in total. The molecule has 0 N–H and O–H groups in total. The van der Waals surface area contributed by atoms with Gasteiger partial charge in [-0.3, -0.25) is 4.98 Å². The van der Waals surface area contributed by atoms with Crippen molar-refractivity contribution < 1.29 is 0 Å². The molecule has 0 unspecified atom stereocenters. The van der Waals surface area contributed by atoms with Crippen molar-refractivity contribution >= 4 is 0 Å². The van der Waals surface area contributed by atoms with Crippen LogP contribution >= 0.6 is 0 Å². The van der Waals surface area contributed by atoms with E-state index in [1.165, 1.54) is 43.5 Å². The van der Waals surface area contributed by atoms with Gasteiger partial charge in [0.1, 0.15) is 0 Å². The molecule has 0 amide bonds. The van der Waals surface area contributed by atoms with E-state index in [2.05, 4.69) is 19.9 Å². The molecule has 4 aliphatic rings. The third kappa shape index (κ3) is 0.952. The van der Waals surface area contributed by atoms with Crippen molar-refractivity contribution in [3.05, 3.63) is 28.6 Å². The summed E-state index contributed by atoms with van der Waals surface area (Å²) in [5, 5.41) is 0. The summed E-state index contributed by atoms with van der Waals surface area (Å²) in [6.07, 6.45) is 6.48. The molecule has 1 aromatic heterocycles. The van der Waals surface area contributed by atoms with Crippen molar-refractivity contribution in [2.75, 3.05) is 0 Å². The largest absolute Gasteiger partial charge is 0.257 e. The lowest BCUT2D eigenvalue weighted by Crippen LogP contribution is -2.48. The Morgan fingerprint density at radius 2 is 2.12 bits per heavy atom. The Morgan fingerprint density at radius 1 is 1.25 bits per heavy atom. The van der Waals surface area contributed by atoms with E-state index in [0.717, 1.165) is 11.8 Å². The van der Waals surface area contributed by atoms with Crippen molar-refractivity contribution in [1.82, 2.24) is 4.98 Å². The fourth-order valence-corrected chi connectivity index (χ4v) is 4.12. The third-order valence-electron chi connectivity index (χ3n) is 5.45. The van der Waals surface area contributed by atoms with Crippen LogP contribution in [-0.2, 0) is 19.3 Å². The van der Waals surface area contributed by atoms with Crippen LogP contribution in [0, 0.1) is 11.3 Å². The molecule has 4 aliphatic carbocycles. The fraction of sp³-hybridized carbons (Fsp3) is 0.667. The number of hydrogen-bond acceptors (Lipinski definition) is 1. The molecular weight excluding hydrogens is 194 g/mol. The molecule has 0 aliphatic heterocycles. The number of fused-ring (bicyclic) bond motifs is 1. The van der Waals surface area contributed by atoms with Crippen LogP contribution in [0.3, 0.4) is 0 Å². The summed E-state index contributed by atoms with van der Waals surface area (Å²) >= 11 is 0. The molecule has 2 bridgehead atoms. The highest BCUT2D eigenvalue weighted by atomic mass is 14.8. The Balaban J connectivity index is 1.88. The van der Waals surface area contributed by atoms with Crippen LogP contribution in [0.2, 0.25) is 0 Å². The molecular formula is C15H19N. The smallest absolute Gasteiger partial charge is 0.0445 e. The monoisotopic (exact) mass is 213 g/mol. The minimum Gasteiger partial charge on any atom is -0.257 e. The topological polar surface area (TPSA) is 12.9 Å². The van der Waals surface area contributed by atoms with Crippen LogP contribution in [0.1, 0.15) is 55.1 Å². The number of aromatic nitrogens is 1. The minimum absolute atomic E-state index is 0.543. The molecule has 1 aromatic rings. The predicted molar refractivity (Wildman–Crippen MR) is 64.6 cm³/mol. The van der Waals surface area contributed by atoms with Gasteiger partial charge >= 0.3 is 0 Å². The Labute approximate surface area is 97.3 Å². The van der Waals surface area contributed by atoms with Gasteiger partial charge < -0.3 is 0 Å². The maximum Gasteiger partial charge on any atom is 0.0445 e. The Kier molecular flexibility index (Phi) is 1.55. The summed E-state index contributed by atoms with van der Waals surface area (Å²) in [6, 6.07) is 2.51. The molecule has 1 saturated carbocycles. The lowest BCUT2D eigenvalue weighted by molar-refractivity contribution is 0.0168. The minimum atomic E-state index is 0.543. The number of nitrogens with zero attached hydrogens (tertiary/aromatic N) is 1. The number of rotatable bonds is 0. The third-order valence-corrected chi connectivity index (χ3v) is 5.45. The van der Waals surface area contributed by atoms with Crippen LogP contribution in [0.5, 0.6) is 0 Å². The van der Waals surface area contributed by atoms with Crippen LogP contribution in [0.15, 0.2) is 6.07 Å². The molecule has 0 saturated heterocycles. The van der Waals surface area contributed by atoms with Crippen molar-refractivity contribution in [1.29, 1.82) is 0 Å². The molecule has 0 radical (unpaired) electrons. The highest BCUT2D eigenvalue weighted by molar-refractivity contribution is 5.41. The summed E-state index contributed by atoms with van der Waals surface area (Å²) in [6.45, 7) is 4.89.